The van der Waals surface area contributed by atoms with Gasteiger partial charge in [-0.3, -0.25) is 9.59 Å². The van der Waals surface area contributed by atoms with Crippen molar-refractivity contribution in [3.05, 3.63) is 59.2 Å². The van der Waals surface area contributed by atoms with E-state index in [9.17, 15) is 9.59 Å². The Balaban J connectivity index is 1.77. The highest BCUT2D eigenvalue weighted by Crippen LogP contribution is 2.23. The van der Waals surface area contributed by atoms with Crippen LogP contribution in [-0.4, -0.2) is 43.5 Å². The van der Waals surface area contributed by atoms with Gasteiger partial charge in [-0.25, -0.2) is 0 Å². The number of nitrogens with one attached hydrogen (secondary N) is 1. The first-order valence-corrected chi connectivity index (χ1v) is 9.82. The van der Waals surface area contributed by atoms with Gasteiger partial charge in [0.15, 0.2) is 0 Å². The van der Waals surface area contributed by atoms with Crippen LogP contribution in [0.1, 0.15) is 35.3 Å². The summed E-state index contributed by atoms with van der Waals surface area (Å²) in [6.45, 7) is 5.10. The molecule has 0 saturated heterocycles. The van der Waals surface area contributed by atoms with E-state index in [0.717, 1.165) is 6.42 Å². The van der Waals surface area contributed by atoms with Crippen molar-refractivity contribution in [2.24, 2.45) is 5.92 Å². The molecule has 1 heterocycles. The predicted octanol–water partition coefficient (Wildman–Crippen LogP) is 3.04. The van der Waals surface area contributed by atoms with E-state index in [-0.39, 0.29) is 17.7 Å². The predicted molar refractivity (Wildman–Crippen MR) is 111 cm³/mol. The molecule has 2 amide bonds. The van der Waals surface area contributed by atoms with Crippen LogP contribution in [0.3, 0.4) is 0 Å². The van der Waals surface area contributed by atoms with E-state index in [1.54, 1.807) is 18.2 Å². The second-order valence-electron chi connectivity index (χ2n) is 7.57. The summed E-state index contributed by atoms with van der Waals surface area (Å²) < 4.78 is 10.5. The van der Waals surface area contributed by atoms with Crippen LogP contribution in [0.25, 0.3) is 0 Å². The van der Waals surface area contributed by atoms with Gasteiger partial charge in [0, 0.05) is 24.7 Å². The SMILES string of the molecule is COc1cc(OC)cc(C(=O)N[C@H](C(=O)N2CCc3ccccc3C2)C(C)C)c1. The molecule has 0 aliphatic carbocycles. The lowest BCUT2D eigenvalue weighted by molar-refractivity contribution is -0.135. The molecule has 0 unspecified atom stereocenters. The van der Waals surface area contributed by atoms with Crippen molar-refractivity contribution in [2.75, 3.05) is 20.8 Å². The molecule has 2 aromatic rings. The fourth-order valence-corrected chi connectivity index (χ4v) is 3.56. The van der Waals surface area contributed by atoms with Crippen molar-refractivity contribution in [1.82, 2.24) is 10.2 Å². The Morgan fingerprint density at radius 2 is 1.62 bits per heavy atom. The Bertz CT molecular complexity index is 872. The highest BCUT2D eigenvalue weighted by Gasteiger charge is 2.31. The van der Waals surface area contributed by atoms with Crippen LogP contribution in [0.2, 0.25) is 0 Å². The Labute approximate surface area is 171 Å². The van der Waals surface area contributed by atoms with E-state index >= 15 is 0 Å². The van der Waals surface area contributed by atoms with Gasteiger partial charge in [0.2, 0.25) is 5.91 Å². The molecule has 3 rings (SSSR count). The molecule has 0 saturated carbocycles. The van der Waals surface area contributed by atoms with Gasteiger partial charge >= 0.3 is 0 Å². The summed E-state index contributed by atoms with van der Waals surface area (Å²) in [7, 11) is 3.07. The molecular weight excluding hydrogens is 368 g/mol. The third kappa shape index (κ3) is 4.70. The average Bonchev–Trinajstić information content (AvgIpc) is 2.75. The molecule has 0 spiro atoms. The first kappa shape index (κ1) is 20.7. The summed E-state index contributed by atoms with van der Waals surface area (Å²) in [6.07, 6.45) is 0.827. The number of amides is 2. The fraction of sp³-hybridized carbons (Fsp3) is 0.391. The van der Waals surface area contributed by atoms with Crippen LogP contribution in [0, 0.1) is 5.92 Å². The second-order valence-corrected chi connectivity index (χ2v) is 7.57. The molecule has 0 fully saturated rings. The minimum atomic E-state index is -0.607. The van der Waals surface area contributed by atoms with Crippen LogP contribution < -0.4 is 14.8 Å². The maximum atomic E-state index is 13.2. The maximum Gasteiger partial charge on any atom is 0.252 e. The minimum absolute atomic E-state index is 0.0453. The average molecular weight is 396 g/mol. The molecule has 6 heteroatoms. The van der Waals surface area contributed by atoms with Gasteiger partial charge in [-0.2, -0.15) is 0 Å². The normalized spacial score (nSPS) is 14.2. The Morgan fingerprint density at radius 1 is 1.00 bits per heavy atom. The van der Waals surface area contributed by atoms with Crippen LogP contribution >= 0.6 is 0 Å². The van der Waals surface area contributed by atoms with Gasteiger partial charge in [-0.1, -0.05) is 38.1 Å². The molecule has 29 heavy (non-hydrogen) atoms. The Kier molecular flexibility index (Phi) is 6.42. The lowest BCUT2D eigenvalue weighted by Crippen LogP contribution is -2.52. The summed E-state index contributed by atoms with van der Waals surface area (Å²) >= 11 is 0. The number of nitrogens with zero attached hydrogens (tertiary/aromatic N) is 1. The quantitative estimate of drug-likeness (QED) is 0.815. The monoisotopic (exact) mass is 396 g/mol. The number of hydrogen-bond acceptors (Lipinski definition) is 4. The number of hydrogen-bond donors (Lipinski definition) is 1. The lowest BCUT2D eigenvalue weighted by Gasteiger charge is -2.33. The second kappa shape index (κ2) is 8.99. The van der Waals surface area contributed by atoms with E-state index in [1.165, 1.54) is 25.3 Å². The fourth-order valence-electron chi connectivity index (χ4n) is 3.56. The number of ether oxygens (including phenoxy) is 2. The van der Waals surface area contributed by atoms with Crippen molar-refractivity contribution in [1.29, 1.82) is 0 Å². The Morgan fingerprint density at radius 3 is 2.21 bits per heavy atom. The van der Waals surface area contributed by atoms with Crippen molar-refractivity contribution in [3.63, 3.8) is 0 Å². The number of methoxy groups -OCH3 is 2. The molecule has 1 aliphatic rings. The van der Waals surface area contributed by atoms with E-state index in [2.05, 4.69) is 17.4 Å². The number of benzene rings is 2. The van der Waals surface area contributed by atoms with Crippen LogP contribution in [0.4, 0.5) is 0 Å². The number of carbonyl (C=O) groups is 2. The third-order valence-electron chi connectivity index (χ3n) is 5.28. The molecular formula is C23H28N2O4. The number of carbonyl (C=O) groups excluding carboxylic acids is 2. The molecule has 0 aromatic heterocycles. The van der Waals surface area contributed by atoms with Crippen molar-refractivity contribution >= 4 is 11.8 Å². The zero-order valence-electron chi connectivity index (χ0n) is 17.4. The smallest absolute Gasteiger partial charge is 0.252 e. The molecule has 0 radical (unpaired) electrons. The molecule has 1 atom stereocenters. The zero-order valence-corrected chi connectivity index (χ0v) is 17.4. The van der Waals surface area contributed by atoms with Crippen LogP contribution in [-0.2, 0) is 17.8 Å². The largest absolute Gasteiger partial charge is 0.497 e. The van der Waals surface area contributed by atoms with E-state index in [1.807, 2.05) is 30.9 Å². The summed E-state index contributed by atoms with van der Waals surface area (Å²) in [5, 5.41) is 2.92. The van der Waals surface area contributed by atoms with Crippen LogP contribution in [0.15, 0.2) is 42.5 Å². The maximum absolute atomic E-state index is 13.2. The summed E-state index contributed by atoms with van der Waals surface area (Å²) in [4.78, 5) is 27.9. The molecule has 154 valence electrons. The van der Waals surface area contributed by atoms with Gasteiger partial charge in [-0.15, -0.1) is 0 Å². The van der Waals surface area contributed by atoms with Gasteiger partial charge in [0.1, 0.15) is 17.5 Å². The third-order valence-corrected chi connectivity index (χ3v) is 5.28. The molecule has 1 aliphatic heterocycles. The van der Waals surface area contributed by atoms with Crippen molar-refractivity contribution < 1.29 is 19.1 Å². The zero-order chi connectivity index (χ0) is 21.0. The number of fused-ring (bicyclic) bond motifs is 1. The first-order valence-electron chi connectivity index (χ1n) is 9.82. The summed E-state index contributed by atoms with van der Waals surface area (Å²) in [5.74, 6) is 0.615. The van der Waals surface area contributed by atoms with Crippen molar-refractivity contribution in [2.45, 2.75) is 32.9 Å². The molecule has 2 aromatic carbocycles. The highest BCUT2D eigenvalue weighted by molar-refractivity contribution is 5.98. The standard InChI is InChI=1S/C23H28N2O4/c1-15(2)21(23(27)25-10-9-16-7-5-6-8-17(16)14-25)24-22(26)18-11-19(28-3)13-20(12-18)29-4/h5-8,11-13,15,21H,9-10,14H2,1-4H3,(H,24,26)/t21-/m0/s1. The summed E-state index contributed by atoms with van der Waals surface area (Å²) in [6, 6.07) is 12.5. The van der Waals surface area contributed by atoms with Gasteiger partial charge < -0.3 is 19.7 Å². The van der Waals surface area contributed by atoms with Crippen molar-refractivity contribution in [3.8, 4) is 11.5 Å². The van der Waals surface area contributed by atoms with E-state index in [0.29, 0.717) is 30.2 Å². The van der Waals surface area contributed by atoms with E-state index in [4.69, 9.17) is 9.47 Å². The minimum Gasteiger partial charge on any atom is -0.497 e. The molecule has 6 nitrogen and oxygen atoms in total. The van der Waals surface area contributed by atoms with Gasteiger partial charge in [-0.05, 0) is 35.6 Å². The first-order chi connectivity index (χ1) is 13.9. The lowest BCUT2D eigenvalue weighted by atomic mass is 9.97. The van der Waals surface area contributed by atoms with E-state index < -0.39 is 6.04 Å². The molecule has 1 N–H and O–H groups in total. The topological polar surface area (TPSA) is 67.9 Å². The highest BCUT2D eigenvalue weighted by atomic mass is 16.5. The van der Waals surface area contributed by atoms with Gasteiger partial charge in [0.05, 0.1) is 14.2 Å². The molecule has 0 bridgehead atoms. The van der Waals surface area contributed by atoms with Crippen LogP contribution in [0.5, 0.6) is 11.5 Å². The number of rotatable bonds is 6. The van der Waals surface area contributed by atoms with Gasteiger partial charge in [0.25, 0.3) is 5.91 Å². The Hall–Kier alpha value is -3.02. The summed E-state index contributed by atoms with van der Waals surface area (Å²) in [5.41, 5.74) is 2.84.